The number of nitrogens with one attached hydrogen (secondary N) is 1. The summed E-state index contributed by atoms with van der Waals surface area (Å²) in [6, 6.07) is 5.83. The van der Waals surface area contributed by atoms with E-state index in [0.29, 0.717) is 11.3 Å². The van der Waals surface area contributed by atoms with Gasteiger partial charge in [-0.05, 0) is 42.9 Å². The molecule has 0 atom stereocenters. The summed E-state index contributed by atoms with van der Waals surface area (Å²) >= 11 is 5.30. The number of H-pyrrole nitrogens is 1. The Morgan fingerprint density at radius 1 is 1.53 bits per heavy atom. The minimum absolute atomic E-state index is 0.599. The predicted octanol–water partition coefficient (Wildman–Crippen LogP) is 3.04. The van der Waals surface area contributed by atoms with Crippen molar-refractivity contribution in [1.29, 1.82) is 0 Å². The lowest BCUT2D eigenvalue weighted by Gasteiger charge is -2.00. The van der Waals surface area contributed by atoms with Gasteiger partial charge < -0.3 is 9.40 Å². The Bertz CT molecular complexity index is 709. The van der Waals surface area contributed by atoms with Crippen LogP contribution in [-0.2, 0) is 6.54 Å². The molecule has 0 aliphatic carbocycles. The van der Waals surface area contributed by atoms with Crippen molar-refractivity contribution in [2.24, 2.45) is 0 Å². The molecule has 3 rings (SSSR count). The number of rotatable bonds is 2. The number of aryl methyl sites for hydroxylation is 1. The average molecular weight is 245 g/mol. The van der Waals surface area contributed by atoms with Gasteiger partial charge in [0.1, 0.15) is 5.76 Å². The van der Waals surface area contributed by atoms with Crippen LogP contribution in [0, 0.1) is 11.7 Å². The maximum Gasteiger partial charge on any atom is 0.179 e. The maximum atomic E-state index is 5.33. The fraction of sp³-hybridized carbons (Fsp3) is 0.167. The van der Waals surface area contributed by atoms with Crippen molar-refractivity contribution in [2.75, 3.05) is 0 Å². The van der Waals surface area contributed by atoms with Gasteiger partial charge in [-0.15, -0.1) is 0 Å². The van der Waals surface area contributed by atoms with Crippen molar-refractivity contribution in [3.63, 3.8) is 0 Å². The standard InChI is InChI=1S/C12H11N3OS/c1-8-5-10-11(13-6-8)15(12(17)14-10)7-9-3-2-4-16-9/h2-6H,7H2,1H3,(H,14,17). The molecule has 0 saturated heterocycles. The molecule has 0 amide bonds. The first kappa shape index (κ1) is 10.3. The van der Waals surface area contributed by atoms with Gasteiger partial charge in [0.15, 0.2) is 10.4 Å². The summed E-state index contributed by atoms with van der Waals surface area (Å²) in [6.07, 6.45) is 3.49. The number of fused-ring (bicyclic) bond motifs is 1. The van der Waals surface area contributed by atoms with E-state index in [2.05, 4.69) is 9.97 Å². The van der Waals surface area contributed by atoms with Crippen molar-refractivity contribution < 1.29 is 4.42 Å². The number of aromatic amines is 1. The van der Waals surface area contributed by atoms with E-state index in [0.717, 1.165) is 22.5 Å². The van der Waals surface area contributed by atoms with Gasteiger partial charge in [-0.2, -0.15) is 0 Å². The highest BCUT2D eigenvalue weighted by atomic mass is 32.1. The highest BCUT2D eigenvalue weighted by Crippen LogP contribution is 2.15. The third kappa shape index (κ3) is 1.78. The summed E-state index contributed by atoms with van der Waals surface area (Å²) in [5.74, 6) is 0.865. The van der Waals surface area contributed by atoms with Crippen LogP contribution in [-0.4, -0.2) is 14.5 Å². The summed E-state index contributed by atoms with van der Waals surface area (Å²) in [5.41, 5.74) is 2.93. The zero-order valence-electron chi connectivity index (χ0n) is 9.30. The van der Waals surface area contributed by atoms with Crippen LogP contribution in [0.15, 0.2) is 35.1 Å². The molecule has 3 heterocycles. The van der Waals surface area contributed by atoms with Crippen LogP contribution in [0.5, 0.6) is 0 Å². The molecule has 0 aliphatic rings. The molecule has 0 aliphatic heterocycles. The van der Waals surface area contributed by atoms with Crippen molar-refractivity contribution in [1.82, 2.24) is 14.5 Å². The van der Waals surface area contributed by atoms with Gasteiger partial charge >= 0.3 is 0 Å². The van der Waals surface area contributed by atoms with Gasteiger partial charge in [0.05, 0.1) is 18.3 Å². The molecule has 1 N–H and O–H groups in total. The lowest BCUT2D eigenvalue weighted by Crippen LogP contribution is -1.99. The lowest BCUT2D eigenvalue weighted by atomic mass is 10.3. The summed E-state index contributed by atoms with van der Waals surface area (Å²) in [4.78, 5) is 7.56. The monoisotopic (exact) mass is 245 g/mol. The van der Waals surface area contributed by atoms with E-state index >= 15 is 0 Å². The van der Waals surface area contributed by atoms with E-state index in [1.165, 1.54) is 0 Å². The van der Waals surface area contributed by atoms with Gasteiger partial charge in [-0.1, -0.05) is 0 Å². The second-order valence-corrected chi connectivity index (χ2v) is 4.37. The molecule has 3 aromatic heterocycles. The molecule has 0 bridgehead atoms. The van der Waals surface area contributed by atoms with E-state index in [9.17, 15) is 0 Å². The molecule has 5 heteroatoms. The van der Waals surface area contributed by atoms with Crippen molar-refractivity contribution in [3.05, 3.63) is 46.8 Å². The molecule has 4 nitrogen and oxygen atoms in total. The first-order valence-corrected chi connectivity index (χ1v) is 5.72. The molecular formula is C12H11N3OS. The van der Waals surface area contributed by atoms with Crippen LogP contribution in [0.4, 0.5) is 0 Å². The fourth-order valence-corrected chi connectivity index (χ4v) is 2.11. The van der Waals surface area contributed by atoms with Crippen LogP contribution in [0.3, 0.4) is 0 Å². The zero-order chi connectivity index (χ0) is 11.8. The molecule has 17 heavy (non-hydrogen) atoms. The highest BCUT2D eigenvalue weighted by Gasteiger charge is 2.07. The number of imidazole rings is 1. The number of pyridine rings is 1. The van der Waals surface area contributed by atoms with E-state index < -0.39 is 0 Å². The Kier molecular flexibility index (Phi) is 2.33. The molecule has 86 valence electrons. The number of hydrogen-bond donors (Lipinski definition) is 1. The first-order valence-electron chi connectivity index (χ1n) is 5.31. The van der Waals surface area contributed by atoms with Crippen LogP contribution in [0.1, 0.15) is 11.3 Å². The Balaban J connectivity index is 2.16. The van der Waals surface area contributed by atoms with Gasteiger partial charge in [0.25, 0.3) is 0 Å². The molecular weight excluding hydrogens is 234 g/mol. The fourth-order valence-electron chi connectivity index (χ4n) is 1.85. The van der Waals surface area contributed by atoms with Crippen molar-refractivity contribution in [3.8, 4) is 0 Å². The number of furan rings is 1. The van der Waals surface area contributed by atoms with Crippen LogP contribution < -0.4 is 0 Å². The molecule has 0 radical (unpaired) electrons. The Hall–Kier alpha value is -1.88. The summed E-state index contributed by atoms with van der Waals surface area (Å²) in [7, 11) is 0. The third-order valence-electron chi connectivity index (χ3n) is 2.64. The maximum absolute atomic E-state index is 5.33. The normalized spacial score (nSPS) is 11.1. The van der Waals surface area contributed by atoms with E-state index in [1.807, 2.05) is 35.9 Å². The minimum atomic E-state index is 0.599. The molecule has 0 fully saturated rings. The zero-order valence-corrected chi connectivity index (χ0v) is 10.1. The van der Waals surface area contributed by atoms with Gasteiger partial charge in [0, 0.05) is 6.20 Å². The topological polar surface area (TPSA) is 46.8 Å². The predicted molar refractivity (Wildman–Crippen MR) is 67.5 cm³/mol. The largest absolute Gasteiger partial charge is 0.467 e. The lowest BCUT2D eigenvalue weighted by molar-refractivity contribution is 0.494. The quantitative estimate of drug-likeness (QED) is 0.706. The van der Waals surface area contributed by atoms with E-state index in [4.69, 9.17) is 16.6 Å². The average Bonchev–Trinajstić information content (AvgIpc) is 2.88. The summed E-state index contributed by atoms with van der Waals surface area (Å²) < 4.78 is 7.92. The van der Waals surface area contributed by atoms with Gasteiger partial charge in [-0.25, -0.2) is 4.98 Å². The number of aromatic nitrogens is 3. The van der Waals surface area contributed by atoms with E-state index in [1.54, 1.807) is 6.26 Å². The molecule has 0 saturated carbocycles. The van der Waals surface area contributed by atoms with Gasteiger partial charge in [0.2, 0.25) is 0 Å². The second kappa shape index (κ2) is 3.85. The third-order valence-corrected chi connectivity index (χ3v) is 2.96. The van der Waals surface area contributed by atoms with Crippen LogP contribution >= 0.6 is 12.2 Å². The summed E-state index contributed by atoms with van der Waals surface area (Å²) in [5, 5.41) is 0. The van der Waals surface area contributed by atoms with Crippen LogP contribution in [0.2, 0.25) is 0 Å². The SMILES string of the molecule is Cc1cnc2c(c1)[nH]c(=S)n2Cc1ccco1. The molecule has 0 spiro atoms. The second-order valence-electron chi connectivity index (χ2n) is 3.98. The Morgan fingerprint density at radius 3 is 3.18 bits per heavy atom. The van der Waals surface area contributed by atoms with E-state index in [-0.39, 0.29) is 0 Å². The Morgan fingerprint density at radius 2 is 2.41 bits per heavy atom. The van der Waals surface area contributed by atoms with Gasteiger partial charge in [-0.3, -0.25) is 4.57 Å². The summed E-state index contributed by atoms with van der Waals surface area (Å²) in [6.45, 7) is 2.61. The number of hydrogen-bond acceptors (Lipinski definition) is 3. The first-order chi connectivity index (χ1) is 8.24. The smallest absolute Gasteiger partial charge is 0.179 e. The molecule has 3 aromatic rings. The Labute approximate surface area is 103 Å². The minimum Gasteiger partial charge on any atom is -0.467 e. The highest BCUT2D eigenvalue weighted by molar-refractivity contribution is 7.71. The van der Waals surface area contributed by atoms with Crippen molar-refractivity contribution in [2.45, 2.75) is 13.5 Å². The molecule has 0 aromatic carbocycles. The number of nitrogens with zero attached hydrogens (tertiary/aromatic N) is 2. The van der Waals surface area contributed by atoms with Crippen LogP contribution in [0.25, 0.3) is 11.2 Å². The molecule has 0 unspecified atom stereocenters. The van der Waals surface area contributed by atoms with Crippen molar-refractivity contribution >= 4 is 23.4 Å².